The topological polar surface area (TPSA) is 101 Å². The molecule has 0 unspecified atom stereocenters. The highest BCUT2D eigenvalue weighted by Gasteiger charge is 2.27. The zero-order valence-electron chi connectivity index (χ0n) is 15.0. The summed E-state index contributed by atoms with van der Waals surface area (Å²) in [5.41, 5.74) is 0.300. The number of nitro benzene ring substituents is 1. The number of amides is 1. The fourth-order valence-electron chi connectivity index (χ4n) is 3.11. The van der Waals surface area contributed by atoms with Crippen LogP contribution in [0.1, 0.15) is 10.4 Å². The molecule has 0 aliphatic carbocycles. The van der Waals surface area contributed by atoms with Gasteiger partial charge >= 0.3 is 0 Å². The first-order chi connectivity index (χ1) is 13.2. The van der Waals surface area contributed by atoms with Crippen LogP contribution in [-0.4, -0.2) is 56.6 Å². The smallest absolute Gasteiger partial charge is 0.288 e. The van der Waals surface area contributed by atoms with E-state index in [0.717, 1.165) is 24.1 Å². The van der Waals surface area contributed by atoms with Crippen molar-refractivity contribution in [2.24, 2.45) is 0 Å². The number of piperazine rings is 1. The van der Waals surface area contributed by atoms with E-state index in [4.69, 9.17) is 0 Å². The van der Waals surface area contributed by atoms with Crippen molar-refractivity contribution < 1.29 is 22.5 Å². The third-order valence-corrected chi connectivity index (χ3v) is 5.70. The summed E-state index contributed by atoms with van der Waals surface area (Å²) in [6, 6.07) is 9.46. The van der Waals surface area contributed by atoms with Crippen LogP contribution in [0.2, 0.25) is 0 Å². The Morgan fingerprint density at radius 3 is 2.21 bits per heavy atom. The monoisotopic (exact) mass is 407 g/mol. The number of hydrogen-bond donors (Lipinski definition) is 0. The number of anilines is 1. The summed E-state index contributed by atoms with van der Waals surface area (Å²) in [5, 5.41) is 11.2. The van der Waals surface area contributed by atoms with Gasteiger partial charge in [0.15, 0.2) is 9.84 Å². The molecule has 3 rings (SSSR count). The second kappa shape index (κ2) is 7.55. The van der Waals surface area contributed by atoms with Gasteiger partial charge in [0, 0.05) is 49.8 Å². The van der Waals surface area contributed by atoms with Crippen molar-refractivity contribution >= 4 is 27.1 Å². The molecule has 1 aliphatic rings. The third-order valence-electron chi connectivity index (χ3n) is 4.56. The molecule has 1 heterocycles. The van der Waals surface area contributed by atoms with E-state index in [0.29, 0.717) is 26.2 Å². The van der Waals surface area contributed by atoms with Crippen molar-refractivity contribution in [2.75, 3.05) is 37.3 Å². The molecular formula is C18H18FN3O5S. The summed E-state index contributed by atoms with van der Waals surface area (Å²) in [7, 11) is -3.79. The average molecular weight is 407 g/mol. The van der Waals surface area contributed by atoms with Crippen LogP contribution in [0, 0.1) is 15.9 Å². The van der Waals surface area contributed by atoms with Crippen molar-refractivity contribution in [1.82, 2.24) is 4.90 Å². The lowest BCUT2D eigenvalue weighted by Crippen LogP contribution is -2.48. The van der Waals surface area contributed by atoms with Crippen LogP contribution in [0.4, 0.5) is 15.8 Å². The summed E-state index contributed by atoms with van der Waals surface area (Å²) in [4.78, 5) is 26.3. The van der Waals surface area contributed by atoms with Gasteiger partial charge in [0.25, 0.3) is 11.6 Å². The summed E-state index contributed by atoms with van der Waals surface area (Å²) in [6.45, 7) is 1.83. The van der Waals surface area contributed by atoms with E-state index < -0.39 is 31.3 Å². The van der Waals surface area contributed by atoms with Crippen LogP contribution < -0.4 is 4.90 Å². The molecule has 0 atom stereocenters. The van der Waals surface area contributed by atoms with Gasteiger partial charge in [-0.2, -0.15) is 0 Å². The number of rotatable bonds is 4. The highest BCUT2D eigenvalue weighted by atomic mass is 32.2. The van der Waals surface area contributed by atoms with Crippen molar-refractivity contribution in [1.29, 1.82) is 0 Å². The molecule has 1 fully saturated rings. The van der Waals surface area contributed by atoms with E-state index in [1.165, 1.54) is 18.2 Å². The molecule has 2 aromatic rings. The number of sulfone groups is 1. The van der Waals surface area contributed by atoms with Gasteiger partial charge < -0.3 is 9.80 Å². The number of halogens is 1. The lowest BCUT2D eigenvalue weighted by atomic mass is 10.1. The highest BCUT2D eigenvalue weighted by Crippen LogP contribution is 2.26. The summed E-state index contributed by atoms with van der Waals surface area (Å²) >= 11 is 0. The highest BCUT2D eigenvalue weighted by molar-refractivity contribution is 7.90. The SMILES string of the molecule is CS(=O)(=O)c1ccc(C(=O)N2CCN(c3ccc(F)cc3)CC2)cc1[N+](=O)[O-]. The van der Waals surface area contributed by atoms with Crippen LogP contribution in [0.5, 0.6) is 0 Å². The van der Waals surface area contributed by atoms with Gasteiger partial charge in [-0.3, -0.25) is 14.9 Å². The van der Waals surface area contributed by atoms with Crippen LogP contribution in [0.3, 0.4) is 0 Å². The molecule has 1 saturated heterocycles. The maximum atomic E-state index is 13.0. The van der Waals surface area contributed by atoms with Crippen LogP contribution in [-0.2, 0) is 9.84 Å². The van der Waals surface area contributed by atoms with Gasteiger partial charge in [-0.05, 0) is 36.4 Å². The number of carbonyl (C=O) groups is 1. The molecule has 10 heteroatoms. The fraction of sp³-hybridized carbons (Fsp3) is 0.278. The normalized spacial score (nSPS) is 14.8. The van der Waals surface area contributed by atoms with Crippen molar-refractivity contribution in [2.45, 2.75) is 4.90 Å². The Morgan fingerprint density at radius 2 is 1.68 bits per heavy atom. The molecule has 1 aliphatic heterocycles. The van der Waals surface area contributed by atoms with E-state index in [1.54, 1.807) is 17.0 Å². The van der Waals surface area contributed by atoms with Gasteiger partial charge in [-0.25, -0.2) is 12.8 Å². The second-order valence-corrected chi connectivity index (χ2v) is 8.45. The van der Waals surface area contributed by atoms with Crippen LogP contribution in [0.25, 0.3) is 0 Å². The number of benzene rings is 2. The molecular weight excluding hydrogens is 389 g/mol. The number of hydrogen-bond acceptors (Lipinski definition) is 6. The zero-order chi connectivity index (χ0) is 20.5. The summed E-state index contributed by atoms with van der Waals surface area (Å²) < 4.78 is 36.5. The van der Waals surface area contributed by atoms with E-state index in [1.807, 2.05) is 4.90 Å². The molecule has 0 spiro atoms. The van der Waals surface area contributed by atoms with Crippen LogP contribution >= 0.6 is 0 Å². The zero-order valence-corrected chi connectivity index (χ0v) is 15.9. The first-order valence-electron chi connectivity index (χ1n) is 8.45. The summed E-state index contributed by atoms with van der Waals surface area (Å²) in [5.74, 6) is -0.724. The van der Waals surface area contributed by atoms with Crippen molar-refractivity contribution in [3.8, 4) is 0 Å². The predicted molar refractivity (Wildman–Crippen MR) is 101 cm³/mol. The Labute approximate surface area is 161 Å². The Balaban J connectivity index is 1.75. The predicted octanol–water partition coefficient (Wildman–Crippen LogP) is 2.10. The number of nitro groups is 1. The largest absolute Gasteiger partial charge is 0.368 e. The number of carbonyl (C=O) groups excluding carboxylic acids is 1. The maximum Gasteiger partial charge on any atom is 0.288 e. The molecule has 0 N–H and O–H groups in total. The van der Waals surface area contributed by atoms with Gasteiger partial charge in [0.05, 0.1) is 4.92 Å². The first-order valence-corrected chi connectivity index (χ1v) is 10.3. The lowest BCUT2D eigenvalue weighted by Gasteiger charge is -2.36. The molecule has 0 bridgehead atoms. The van der Waals surface area contributed by atoms with Gasteiger partial charge in [-0.1, -0.05) is 0 Å². The molecule has 0 aromatic heterocycles. The standard InChI is InChI=1S/C18H18FN3O5S/c1-28(26,27)17-7-2-13(12-16(17)22(24)25)18(23)21-10-8-20(9-11-21)15-5-3-14(19)4-6-15/h2-7,12H,8-11H2,1H3. The third kappa shape index (κ3) is 4.11. The molecule has 2 aromatic carbocycles. The Morgan fingerprint density at radius 1 is 1.07 bits per heavy atom. The minimum Gasteiger partial charge on any atom is -0.368 e. The first kappa shape index (κ1) is 19.7. The molecule has 148 valence electrons. The van der Waals surface area contributed by atoms with Crippen LogP contribution in [0.15, 0.2) is 47.4 Å². The van der Waals surface area contributed by atoms with E-state index in [2.05, 4.69) is 0 Å². The average Bonchev–Trinajstić information content (AvgIpc) is 2.67. The number of nitrogens with zero attached hydrogens (tertiary/aromatic N) is 3. The molecule has 8 nitrogen and oxygen atoms in total. The molecule has 0 saturated carbocycles. The Hall–Kier alpha value is -3.01. The maximum absolute atomic E-state index is 13.0. The van der Waals surface area contributed by atoms with E-state index >= 15 is 0 Å². The lowest BCUT2D eigenvalue weighted by molar-refractivity contribution is -0.387. The second-order valence-electron chi connectivity index (χ2n) is 6.47. The fourth-order valence-corrected chi connectivity index (χ4v) is 3.94. The minimum absolute atomic E-state index is 0.0642. The van der Waals surface area contributed by atoms with Gasteiger partial charge in [0.1, 0.15) is 10.7 Å². The Bertz CT molecular complexity index is 1020. The molecule has 0 radical (unpaired) electrons. The van der Waals surface area contributed by atoms with E-state index in [-0.39, 0.29) is 11.4 Å². The molecule has 1 amide bonds. The summed E-state index contributed by atoms with van der Waals surface area (Å²) in [6.07, 6.45) is 0.880. The Kier molecular flexibility index (Phi) is 5.32. The van der Waals surface area contributed by atoms with Crippen molar-refractivity contribution in [3.63, 3.8) is 0 Å². The van der Waals surface area contributed by atoms with Gasteiger partial charge in [-0.15, -0.1) is 0 Å². The molecule has 28 heavy (non-hydrogen) atoms. The van der Waals surface area contributed by atoms with Crippen molar-refractivity contribution in [3.05, 3.63) is 64.0 Å². The van der Waals surface area contributed by atoms with E-state index in [9.17, 15) is 27.7 Å². The van der Waals surface area contributed by atoms with Gasteiger partial charge in [0.2, 0.25) is 0 Å². The quantitative estimate of drug-likeness (QED) is 0.568. The minimum atomic E-state index is -3.79.